The van der Waals surface area contributed by atoms with Crippen LogP contribution in [-0.4, -0.2) is 46.3 Å². The van der Waals surface area contributed by atoms with Crippen LogP contribution in [0.4, 0.5) is 10.6 Å². The Labute approximate surface area is 123 Å². The van der Waals surface area contributed by atoms with Crippen molar-refractivity contribution in [3.05, 3.63) is 30.5 Å². The molecule has 6 nitrogen and oxygen atoms in total. The van der Waals surface area contributed by atoms with Crippen molar-refractivity contribution in [1.82, 2.24) is 14.5 Å². The second-order valence-corrected chi connectivity index (χ2v) is 5.23. The predicted molar refractivity (Wildman–Crippen MR) is 80.4 cm³/mol. The molecule has 1 N–H and O–H groups in total. The van der Waals surface area contributed by atoms with Crippen molar-refractivity contribution in [2.75, 3.05) is 25.0 Å². The Morgan fingerprint density at radius 3 is 3.24 bits per heavy atom. The van der Waals surface area contributed by atoms with Crippen molar-refractivity contribution >= 4 is 17.4 Å². The number of ether oxygens (including phenoxy) is 1. The number of nitrogens with zero attached hydrogens (tertiary/aromatic N) is 3. The van der Waals surface area contributed by atoms with E-state index >= 15 is 0 Å². The Bertz CT molecular complexity index is 592. The van der Waals surface area contributed by atoms with Crippen molar-refractivity contribution < 1.29 is 9.53 Å². The molecule has 2 amide bonds. The summed E-state index contributed by atoms with van der Waals surface area (Å²) in [5, 5.41) is 7.21. The fraction of sp³-hybridized carbons (Fsp3) is 0.467. The first kappa shape index (κ1) is 13.9. The van der Waals surface area contributed by atoms with Crippen molar-refractivity contribution in [2.45, 2.75) is 25.9 Å². The lowest BCUT2D eigenvalue weighted by Crippen LogP contribution is -2.39. The molecule has 2 aromatic heterocycles. The van der Waals surface area contributed by atoms with Gasteiger partial charge in [-0.15, -0.1) is 5.10 Å². The summed E-state index contributed by atoms with van der Waals surface area (Å²) in [6.45, 7) is 4.15. The summed E-state index contributed by atoms with van der Waals surface area (Å²) in [6, 6.07) is 7.56. The predicted octanol–water partition coefficient (Wildman–Crippen LogP) is 2.37. The van der Waals surface area contributed by atoms with Gasteiger partial charge in [0.15, 0.2) is 5.82 Å². The number of rotatable bonds is 2. The first-order valence-electron chi connectivity index (χ1n) is 7.38. The van der Waals surface area contributed by atoms with Crippen LogP contribution in [-0.2, 0) is 4.74 Å². The topological polar surface area (TPSA) is 58.9 Å². The third-order valence-corrected chi connectivity index (χ3v) is 3.70. The number of carbonyl (C=O) groups excluding carboxylic acids is 1. The van der Waals surface area contributed by atoms with Crippen LogP contribution in [0, 0.1) is 0 Å². The van der Waals surface area contributed by atoms with Gasteiger partial charge in [-0.3, -0.25) is 5.32 Å². The first-order valence-corrected chi connectivity index (χ1v) is 7.38. The van der Waals surface area contributed by atoms with Crippen LogP contribution in [0.25, 0.3) is 5.52 Å². The largest absolute Gasteiger partial charge is 0.376 e. The van der Waals surface area contributed by atoms with Gasteiger partial charge < -0.3 is 9.64 Å². The molecule has 1 saturated heterocycles. The summed E-state index contributed by atoms with van der Waals surface area (Å²) >= 11 is 0. The van der Waals surface area contributed by atoms with Gasteiger partial charge in [0.25, 0.3) is 0 Å². The van der Waals surface area contributed by atoms with E-state index in [1.165, 1.54) is 0 Å². The molecule has 21 heavy (non-hydrogen) atoms. The Morgan fingerprint density at radius 1 is 1.52 bits per heavy atom. The van der Waals surface area contributed by atoms with Crippen molar-refractivity contribution in [2.24, 2.45) is 0 Å². The van der Waals surface area contributed by atoms with E-state index in [2.05, 4.69) is 17.3 Å². The standard InChI is InChI=1S/C15H20N4O2/c1-2-13-11-18(7-5-9-21-13)15(20)16-14-10-12-6-3-4-8-19(12)17-14/h3-4,6,8,10,13H,2,5,7,9,11H2,1H3,(H,16,17,20). The van der Waals surface area contributed by atoms with Crippen LogP contribution in [0.1, 0.15) is 19.8 Å². The quantitative estimate of drug-likeness (QED) is 0.923. The molecule has 2 aromatic rings. The Balaban J connectivity index is 1.69. The number of hydrogen-bond acceptors (Lipinski definition) is 3. The number of fused-ring (bicyclic) bond motifs is 1. The molecular formula is C15H20N4O2. The summed E-state index contributed by atoms with van der Waals surface area (Å²) < 4.78 is 7.44. The van der Waals surface area contributed by atoms with E-state index in [-0.39, 0.29) is 12.1 Å². The van der Waals surface area contributed by atoms with Gasteiger partial charge in [-0.1, -0.05) is 13.0 Å². The molecular weight excluding hydrogens is 268 g/mol. The van der Waals surface area contributed by atoms with Crippen LogP contribution in [0.3, 0.4) is 0 Å². The van der Waals surface area contributed by atoms with E-state index in [0.717, 1.165) is 31.5 Å². The minimum atomic E-state index is -0.109. The molecule has 1 aliphatic heterocycles. The second kappa shape index (κ2) is 6.13. The summed E-state index contributed by atoms with van der Waals surface area (Å²) in [7, 11) is 0. The summed E-state index contributed by atoms with van der Waals surface area (Å²) in [4.78, 5) is 14.2. The van der Waals surface area contributed by atoms with Gasteiger partial charge >= 0.3 is 6.03 Å². The van der Waals surface area contributed by atoms with Crippen LogP contribution >= 0.6 is 0 Å². The summed E-state index contributed by atoms with van der Waals surface area (Å²) in [6.07, 6.45) is 3.77. The van der Waals surface area contributed by atoms with Crippen LogP contribution < -0.4 is 5.32 Å². The van der Waals surface area contributed by atoms with Gasteiger partial charge in [0, 0.05) is 32.0 Å². The zero-order valence-corrected chi connectivity index (χ0v) is 12.2. The van der Waals surface area contributed by atoms with Crippen molar-refractivity contribution in [3.8, 4) is 0 Å². The number of carbonyl (C=O) groups is 1. The number of hydrogen-bond donors (Lipinski definition) is 1. The molecule has 3 heterocycles. The third kappa shape index (κ3) is 3.16. The number of amides is 2. The van der Waals surface area contributed by atoms with Crippen LogP contribution in [0.15, 0.2) is 30.5 Å². The average molecular weight is 288 g/mol. The third-order valence-electron chi connectivity index (χ3n) is 3.70. The molecule has 3 rings (SSSR count). The molecule has 0 bridgehead atoms. The Kier molecular flexibility index (Phi) is 4.06. The highest BCUT2D eigenvalue weighted by Crippen LogP contribution is 2.13. The molecule has 0 spiro atoms. The molecule has 6 heteroatoms. The van der Waals surface area contributed by atoms with E-state index in [9.17, 15) is 4.79 Å². The Morgan fingerprint density at radius 2 is 2.43 bits per heavy atom. The van der Waals surface area contributed by atoms with E-state index in [1.807, 2.05) is 35.4 Å². The number of nitrogens with one attached hydrogen (secondary N) is 1. The number of pyridine rings is 1. The fourth-order valence-electron chi connectivity index (χ4n) is 2.51. The molecule has 112 valence electrons. The number of aromatic nitrogens is 2. The van der Waals surface area contributed by atoms with E-state index in [4.69, 9.17) is 4.74 Å². The first-order chi connectivity index (χ1) is 10.3. The highest BCUT2D eigenvalue weighted by Gasteiger charge is 2.22. The molecule has 0 aliphatic carbocycles. The SMILES string of the molecule is CCC1CN(C(=O)Nc2cc3ccccn3n2)CCCO1. The van der Waals surface area contributed by atoms with Gasteiger partial charge in [-0.05, 0) is 25.0 Å². The monoisotopic (exact) mass is 288 g/mol. The second-order valence-electron chi connectivity index (χ2n) is 5.23. The maximum atomic E-state index is 12.4. The van der Waals surface area contributed by atoms with Gasteiger partial charge in [0.1, 0.15) is 0 Å². The smallest absolute Gasteiger partial charge is 0.323 e. The molecule has 1 aliphatic rings. The number of anilines is 1. The maximum absolute atomic E-state index is 12.4. The minimum Gasteiger partial charge on any atom is -0.376 e. The lowest BCUT2D eigenvalue weighted by atomic mass is 10.2. The van der Waals surface area contributed by atoms with Gasteiger partial charge in [0.05, 0.1) is 11.6 Å². The van der Waals surface area contributed by atoms with Gasteiger partial charge in [-0.2, -0.15) is 0 Å². The lowest BCUT2D eigenvalue weighted by molar-refractivity contribution is 0.0561. The molecule has 0 aromatic carbocycles. The molecule has 1 atom stereocenters. The zero-order chi connectivity index (χ0) is 14.7. The maximum Gasteiger partial charge on any atom is 0.323 e. The number of urea groups is 1. The highest BCUT2D eigenvalue weighted by atomic mass is 16.5. The molecule has 1 unspecified atom stereocenters. The van der Waals surface area contributed by atoms with E-state index in [1.54, 1.807) is 4.52 Å². The zero-order valence-electron chi connectivity index (χ0n) is 12.2. The lowest BCUT2D eigenvalue weighted by Gasteiger charge is -2.23. The summed E-state index contributed by atoms with van der Waals surface area (Å²) in [5.41, 5.74) is 0.957. The summed E-state index contributed by atoms with van der Waals surface area (Å²) in [5.74, 6) is 0.574. The van der Waals surface area contributed by atoms with E-state index in [0.29, 0.717) is 12.4 Å². The van der Waals surface area contributed by atoms with Gasteiger partial charge in [-0.25, -0.2) is 9.31 Å². The van der Waals surface area contributed by atoms with Crippen LogP contribution in [0.2, 0.25) is 0 Å². The normalized spacial score (nSPS) is 19.5. The van der Waals surface area contributed by atoms with Crippen molar-refractivity contribution in [1.29, 1.82) is 0 Å². The minimum absolute atomic E-state index is 0.109. The fourth-order valence-corrected chi connectivity index (χ4v) is 2.51. The average Bonchev–Trinajstić information content (AvgIpc) is 2.74. The molecule has 0 saturated carbocycles. The van der Waals surface area contributed by atoms with Gasteiger partial charge in [0.2, 0.25) is 0 Å². The van der Waals surface area contributed by atoms with Crippen LogP contribution in [0.5, 0.6) is 0 Å². The highest BCUT2D eigenvalue weighted by molar-refractivity contribution is 5.89. The van der Waals surface area contributed by atoms with E-state index < -0.39 is 0 Å². The molecule has 0 radical (unpaired) electrons. The Hall–Kier alpha value is -2.08. The molecule has 1 fully saturated rings. The van der Waals surface area contributed by atoms with Crippen molar-refractivity contribution in [3.63, 3.8) is 0 Å².